The Labute approximate surface area is 181 Å². The number of nitrogens with one attached hydrogen (secondary N) is 1. The number of aromatic nitrogens is 1. The normalized spacial score (nSPS) is 11.4. The molecule has 3 rings (SSSR count). The van der Waals surface area contributed by atoms with Crippen LogP contribution in [0.4, 0.5) is 0 Å². The van der Waals surface area contributed by atoms with E-state index in [9.17, 15) is 4.79 Å². The van der Waals surface area contributed by atoms with Gasteiger partial charge in [0.2, 0.25) is 0 Å². The number of ether oxygens (including phenoxy) is 4. The van der Waals surface area contributed by atoms with Crippen molar-refractivity contribution in [1.29, 1.82) is 0 Å². The fraction of sp³-hybridized carbons (Fsp3) is 0.250. The number of hydrogen-bond donors (Lipinski definition) is 1. The van der Waals surface area contributed by atoms with Gasteiger partial charge in [-0.25, -0.2) is 0 Å². The van der Waals surface area contributed by atoms with Crippen LogP contribution < -0.4 is 24.3 Å². The number of benzene rings is 2. The largest absolute Gasteiger partial charge is 0.493 e. The first kappa shape index (κ1) is 22.0. The van der Waals surface area contributed by atoms with E-state index in [1.165, 1.54) is 14.2 Å². The van der Waals surface area contributed by atoms with Gasteiger partial charge in [0.15, 0.2) is 23.0 Å². The van der Waals surface area contributed by atoms with Crippen molar-refractivity contribution in [3.8, 4) is 23.0 Å². The Balaban J connectivity index is 1.73. The summed E-state index contributed by atoms with van der Waals surface area (Å²) in [6, 6.07) is 14.3. The third-order valence-electron chi connectivity index (χ3n) is 4.83. The molecule has 2 aromatic carbocycles. The molecule has 1 aromatic heterocycles. The lowest BCUT2D eigenvalue weighted by atomic mass is 10.1. The SMILES string of the molecule is COc1cc(C(C)NC(=O)c2cccc(OC)c2OC)ccc1OCc1ccncc1. The van der Waals surface area contributed by atoms with Crippen LogP contribution in [0.2, 0.25) is 0 Å². The number of nitrogens with zero attached hydrogens (tertiary/aromatic N) is 1. The molecule has 31 heavy (non-hydrogen) atoms. The minimum Gasteiger partial charge on any atom is -0.493 e. The summed E-state index contributed by atoms with van der Waals surface area (Å²) in [7, 11) is 4.63. The Hall–Kier alpha value is -3.74. The van der Waals surface area contributed by atoms with Crippen LogP contribution in [0, 0.1) is 0 Å². The number of methoxy groups -OCH3 is 3. The standard InChI is InChI=1S/C24H26N2O5/c1-16(26-24(27)19-6-5-7-21(28-2)23(19)30-4)18-8-9-20(22(14-18)29-3)31-15-17-10-12-25-13-11-17/h5-14,16H,15H2,1-4H3,(H,26,27). The van der Waals surface area contributed by atoms with E-state index in [1.807, 2.05) is 37.3 Å². The summed E-state index contributed by atoms with van der Waals surface area (Å²) in [5.41, 5.74) is 2.29. The van der Waals surface area contributed by atoms with Gasteiger partial charge in [0.25, 0.3) is 5.91 Å². The highest BCUT2D eigenvalue weighted by Crippen LogP contribution is 2.33. The zero-order chi connectivity index (χ0) is 22.2. The Kier molecular flexibility index (Phi) is 7.32. The lowest BCUT2D eigenvalue weighted by molar-refractivity contribution is 0.0936. The van der Waals surface area contributed by atoms with E-state index in [0.717, 1.165) is 11.1 Å². The number of rotatable bonds is 9. The maximum atomic E-state index is 12.8. The number of carbonyl (C=O) groups is 1. The number of carbonyl (C=O) groups excluding carboxylic acids is 1. The summed E-state index contributed by atoms with van der Waals surface area (Å²) >= 11 is 0. The first-order valence-corrected chi connectivity index (χ1v) is 9.78. The van der Waals surface area contributed by atoms with E-state index in [-0.39, 0.29) is 11.9 Å². The van der Waals surface area contributed by atoms with Crippen LogP contribution in [-0.4, -0.2) is 32.2 Å². The molecule has 7 heteroatoms. The summed E-state index contributed by atoms with van der Waals surface area (Å²) in [6.45, 7) is 2.30. The molecule has 0 saturated heterocycles. The van der Waals surface area contributed by atoms with Crippen LogP contribution in [-0.2, 0) is 6.61 Å². The van der Waals surface area contributed by atoms with Crippen molar-refractivity contribution in [2.45, 2.75) is 19.6 Å². The van der Waals surface area contributed by atoms with Crippen LogP contribution in [0.25, 0.3) is 0 Å². The predicted molar refractivity (Wildman–Crippen MR) is 117 cm³/mol. The van der Waals surface area contributed by atoms with Gasteiger partial charge in [0, 0.05) is 12.4 Å². The van der Waals surface area contributed by atoms with Crippen molar-refractivity contribution in [3.05, 3.63) is 77.6 Å². The molecule has 1 heterocycles. The van der Waals surface area contributed by atoms with Gasteiger partial charge in [-0.1, -0.05) is 12.1 Å². The molecule has 1 N–H and O–H groups in total. The Morgan fingerprint density at radius 1 is 0.935 bits per heavy atom. The van der Waals surface area contributed by atoms with Gasteiger partial charge in [-0.15, -0.1) is 0 Å². The molecule has 1 unspecified atom stereocenters. The maximum Gasteiger partial charge on any atom is 0.255 e. The topological polar surface area (TPSA) is 78.9 Å². The van der Waals surface area contributed by atoms with E-state index in [2.05, 4.69) is 10.3 Å². The Morgan fingerprint density at radius 3 is 2.35 bits per heavy atom. The van der Waals surface area contributed by atoms with Crippen LogP contribution in [0.3, 0.4) is 0 Å². The smallest absolute Gasteiger partial charge is 0.255 e. The monoisotopic (exact) mass is 422 g/mol. The fourth-order valence-corrected chi connectivity index (χ4v) is 3.14. The molecule has 7 nitrogen and oxygen atoms in total. The third kappa shape index (κ3) is 5.25. The Morgan fingerprint density at radius 2 is 1.68 bits per heavy atom. The second kappa shape index (κ2) is 10.3. The lowest BCUT2D eigenvalue weighted by Crippen LogP contribution is -2.27. The number of hydrogen-bond acceptors (Lipinski definition) is 6. The van der Waals surface area contributed by atoms with Gasteiger partial charge in [-0.05, 0) is 54.4 Å². The summed E-state index contributed by atoms with van der Waals surface area (Å²) in [6.07, 6.45) is 3.45. The average Bonchev–Trinajstić information content (AvgIpc) is 2.82. The minimum absolute atomic E-state index is 0.264. The highest BCUT2D eigenvalue weighted by atomic mass is 16.5. The second-order valence-corrected chi connectivity index (χ2v) is 6.79. The van der Waals surface area contributed by atoms with Crippen molar-refractivity contribution in [2.24, 2.45) is 0 Å². The average molecular weight is 422 g/mol. The highest BCUT2D eigenvalue weighted by Gasteiger charge is 2.19. The van der Waals surface area contributed by atoms with Crippen LogP contribution in [0.5, 0.6) is 23.0 Å². The van der Waals surface area contributed by atoms with Crippen molar-refractivity contribution >= 4 is 5.91 Å². The fourth-order valence-electron chi connectivity index (χ4n) is 3.14. The van der Waals surface area contributed by atoms with E-state index >= 15 is 0 Å². The van der Waals surface area contributed by atoms with E-state index < -0.39 is 0 Å². The molecular weight excluding hydrogens is 396 g/mol. The predicted octanol–water partition coefficient (Wildman–Crippen LogP) is 4.18. The molecular formula is C24H26N2O5. The molecule has 0 aliphatic carbocycles. The zero-order valence-electron chi connectivity index (χ0n) is 18.0. The highest BCUT2D eigenvalue weighted by molar-refractivity contribution is 5.98. The molecule has 0 aliphatic heterocycles. The zero-order valence-corrected chi connectivity index (χ0v) is 18.0. The van der Waals surface area contributed by atoms with Crippen molar-refractivity contribution in [3.63, 3.8) is 0 Å². The quantitative estimate of drug-likeness (QED) is 0.557. The number of pyridine rings is 1. The first-order chi connectivity index (χ1) is 15.1. The van der Waals surface area contributed by atoms with Crippen molar-refractivity contribution in [1.82, 2.24) is 10.3 Å². The Bertz CT molecular complexity index is 1020. The molecule has 0 spiro atoms. The second-order valence-electron chi connectivity index (χ2n) is 6.79. The molecule has 3 aromatic rings. The van der Waals surface area contributed by atoms with Gasteiger partial charge in [-0.3, -0.25) is 9.78 Å². The van der Waals surface area contributed by atoms with E-state index in [4.69, 9.17) is 18.9 Å². The van der Waals surface area contributed by atoms with Crippen LogP contribution in [0.1, 0.15) is 34.5 Å². The lowest BCUT2D eigenvalue weighted by Gasteiger charge is -2.18. The van der Waals surface area contributed by atoms with E-state index in [0.29, 0.717) is 35.2 Å². The van der Waals surface area contributed by atoms with Gasteiger partial charge >= 0.3 is 0 Å². The molecule has 162 valence electrons. The summed E-state index contributed by atoms with van der Waals surface area (Å²) < 4.78 is 22.0. The van der Waals surface area contributed by atoms with Crippen LogP contribution >= 0.6 is 0 Å². The third-order valence-corrected chi connectivity index (χ3v) is 4.83. The van der Waals surface area contributed by atoms with Gasteiger partial charge in [0.05, 0.1) is 32.9 Å². The summed E-state index contributed by atoms with van der Waals surface area (Å²) in [4.78, 5) is 16.9. The molecule has 0 saturated carbocycles. The molecule has 0 aliphatic rings. The number of para-hydroxylation sites is 1. The molecule has 0 fully saturated rings. The van der Waals surface area contributed by atoms with Crippen LogP contribution in [0.15, 0.2) is 60.9 Å². The first-order valence-electron chi connectivity index (χ1n) is 9.78. The van der Waals surface area contributed by atoms with Crippen molar-refractivity contribution < 1.29 is 23.7 Å². The molecule has 0 bridgehead atoms. The van der Waals surface area contributed by atoms with Gasteiger partial charge in [0.1, 0.15) is 6.61 Å². The van der Waals surface area contributed by atoms with Gasteiger partial charge < -0.3 is 24.3 Å². The molecule has 0 radical (unpaired) electrons. The summed E-state index contributed by atoms with van der Waals surface area (Å²) in [5, 5.41) is 2.99. The maximum absolute atomic E-state index is 12.8. The van der Waals surface area contributed by atoms with E-state index in [1.54, 1.807) is 37.7 Å². The summed E-state index contributed by atoms with van der Waals surface area (Å²) in [5.74, 6) is 1.84. The molecule has 1 amide bonds. The molecule has 1 atom stereocenters. The van der Waals surface area contributed by atoms with Gasteiger partial charge in [-0.2, -0.15) is 0 Å². The number of amides is 1. The minimum atomic E-state index is -0.272. The van der Waals surface area contributed by atoms with Crippen molar-refractivity contribution in [2.75, 3.05) is 21.3 Å².